The standard InChI is InChI=1S/C23H30N6O7S/c24-15(9-14-10-25-12-26-14)20(32)29-18(11-37)22(34)27-16(6-7-19(30)31)21(33)28-17(23(35)36)8-13-4-2-1-3-5-13/h1-5,10,12,15-18,37H,6-9,11,24H2,(H,25,26)(H,27,34)(H,28,33)(H,29,32)(H,30,31)(H,35,36). The Morgan fingerprint density at radius 3 is 2.11 bits per heavy atom. The molecule has 0 fully saturated rings. The molecule has 0 bridgehead atoms. The van der Waals surface area contributed by atoms with Crippen molar-refractivity contribution in [3.8, 4) is 0 Å². The highest BCUT2D eigenvalue weighted by Gasteiger charge is 2.30. The minimum Gasteiger partial charge on any atom is -0.481 e. The zero-order valence-corrected chi connectivity index (χ0v) is 20.7. The van der Waals surface area contributed by atoms with E-state index < -0.39 is 60.2 Å². The number of rotatable bonds is 15. The van der Waals surface area contributed by atoms with Crippen LogP contribution in [0.5, 0.6) is 0 Å². The maximum Gasteiger partial charge on any atom is 0.326 e. The number of hydrogen-bond acceptors (Lipinski definition) is 8. The Hall–Kier alpha value is -3.91. The van der Waals surface area contributed by atoms with E-state index in [1.807, 2.05) is 0 Å². The van der Waals surface area contributed by atoms with Crippen molar-refractivity contribution >= 4 is 42.3 Å². The van der Waals surface area contributed by atoms with Crippen LogP contribution in [0.15, 0.2) is 42.9 Å². The monoisotopic (exact) mass is 534 g/mol. The van der Waals surface area contributed by atoms with E-state index >= 15 is 0 Å². The summed E-state index contributed by atoms with van der Waals surface area (Å²) in [5.74, 6) is -4.99. The van der Waals surface area contributed by atoms with E-state index in [0.29, 0.717) is 11.3 Å². The number of aromatic nitrogens is 2. The van der Waals surface area contributed by atoms with Crippen molar-refractivity contribution in [2.45, 2.75) is 49.9 Å². The molecular formula is C23H30N6O7S. The molecule has 4 unspecified atom stereocenters. The molecule has 0 aliphatic heterocycles. The SMILES string of the molecule is NC(Cc1cnc[nH]1)C(=O)NC(CS)C(=O)NC(CCC(=O)O)C(=O)NC(Cc1ccccc1)C(=O)O. The van der Waals surface area contributed by atoms with Gasteiger partial charge in [-0.2, -0.15) is 12.6 Å². The molecule has 2 aromatic rings. The minimum absolute atomic E-state index is 0.0228. The van der Waals surface area contributed by atoms with Gasteiger partial charge in [0.1, 0.15) is 18.1 Å². The third-order valence-electron chi connectivity index (χ3n) is 5.32. The zero-order valence-electron chi connectivity index (χ0n) is 19.8. The minimum atomic E-state index is -1.38. The number of nitrogens with one attached hydrogen (secondary N) is 4. The molecule has 37 heavy (non-hydrogen) atoms. The van der Waals surface area contributed by atoms with Crippen LogP contribution in [-0.2, 0) is 36.8 Å². The summed E-state index contributed by atoms with van der Waals surface area (Å²) >= 11 is 4.08. The smallest absolute Gasteiger partial charge is 0.326 e. The molecule has 3 amide bonds. The van der Waals surface area contributed by atoms with Crippen molar-refractivity contribution in [2.75, 3.05) is 5.75 Å². The van der Waals surface area contributed by atoms with Crippen molar-refractivity contribution in [1.29, 1.82) is 0 Å². The van der Waals surface area contributed by atoms with E-state index in [1.165, 1.54) is 12.5 Å². The summed E-state index contributed by atoms with van der Waals surface area (Å²) in [7, 11) is 0. The highest BCUT2D eigenvalue weighted by molar-refractivity contribution is 7.80. The summed E-state index contributed by atoms with van der Waals surface area (Å²) in [6.45, 7) is 0. The van der Waals surface area contributed by atoms with Crippen LogP contribution in [0.3, 0.4) is 0 Å². The lowest BCUT2D eigenvalue weighted by atomic mass is 10.0. The number of benzene rings is 1. The second kappa shape index (κ2) is 14.6. The van der Waals surface area contributed by atoms with E-state index in [9.17, 15) is 29.1 Å². The quantitative estimate of drug-likeness (QED) is 0.129. The fourth-order valence-corrected chi connectivity index (χ4v) is 3.59. The molecule has 2 rings (SSSR count). The first-order valence-electron chi connectivity index (χ1n) is 11.3. The van der Waals surface area contributed by atoms with Gasteiger partial charge < -0.3 is 36.9 Å². The van der Waals surface area contributed by atoms with Gasteiger partial charge in [-0.05, 0) is 12.0 Å². The number of hydrogen-bond donors (Lipinski definition) is 8. The van der Waals surface area contributed by atoms with Crippen LogP contribution < -0.4 is 21.7 Å². The molecule has 0 spiro atoms. The zero-order chi connectivity index (χ0) is 27.4. The first-order chi connectivity index (χ1) is 17.6. The Morgan fingerprint density at radius 1 is 0.919 bits per heavy atom. The summed E-state index contributed by atoms with van der Waals surface area (Å²) in [5.41, 5.74) is 7.16. The fourth-order valence-electron chi connectivity index (χ4n) is 3.33. The molecule has 200 valence electrons. The molecule has 13 nitrogen and oxygen atoms in total. The molecule has 0 radical (unpaired) electrons. The van der Waals surface area contributed by atoms with Gasteiger partial charge in [-0.1, -0.05) is 30.3 Å². The lowest BCUT2D eigenvalue weighted by Crippen LogP contribution is -2.58. The number of amides is 3. The molecule has 0 aliphatic rings. The number of carbonyl (C=O) groups is 5. The van der Waals surface area contributed by atoms with E-state index in [1.54, 1.807) is 30.3 Å². The third-order valence-corrected chi connectivity index (χ3v) is 5.69. The molecule has 0 aliphatic carbocycles. The summed E-state index contributed by atoms with van der Waals surface area (Å²) in [4.78, 5) is 67.7. The fraction of sp³-hybridized carbons (Fsp3) is 0.391. The van der Waals surface area contributed by atoms with Gasteiger partial charge in [-0.15, -0.1) is 0 Å². The van der Waals surface area contributed by atoms with Crippen LogP contribution in [0.2, 0.25) is 0 Å². The Morgan fingerprint density at radius 2 is 1.54 bits per heavy atom. The second-order valence-corrected chi connectivity index (χ2v) is 8.58. The lowest BCUT2D eigenvalue weighted by molar-refractivity contribution is -0.143. The highest BCUT2D eigenvalue weighted by Crippen LogP contribution is 2.06. The Labute approximate surface area is 218 Å². The Kier molecular flexibility index (Phi) is 11.6. The van der Waals surface area contributed by atoms with E-state index in [4.69, 9.17) is 10.8 Å². The number of aromatic amines is 1. The average molecular weight is 535 g/mol. The predicted molar refractivity (Wildman–Crippen MR) is 135 cm³/mol. The Bertz CT molecular complexity index is 1070. The molecule has 0 saturated carbocycles. The molecule has 14 heteroatoms. The number of carboxylic acid groups (broad SMARTS) is 2. The summed E-state index contributed by atoms with van der Waals surface area (Å²) in [5, 5.41) is 25.8. The van der Waals surface area contributed by atoms with Crippen LogP contribution in [0, 0.1) is 0 Å². The van der Waals surface area contributed by atoms with Gasteiger partial charge in [-0.3, -0.25) is 19.2 Å². The van der Waals surface area contributed by atoms with E-state index in [-0.39, 0.29) is 25.0 Å². The normalized spacial score (nSPS) is 14.0. The van der Waals surface area contributed by atoms with Crippen molar-refractivity contribution in [1.82, 2.24) is 25.9 Å². The molecule has 4 atom stereocenters. The maximum absolute atomic E-state index is 12.9. The van der Waals surface area contributed by atoms with E-state index in [0.717, 1.165) is 0 Å². The van der Waals surface area contributed by atoms with Crippen LogP contribution in [0.4, 0.5) is 0 Å². The van der Waals surface area contributed by atoms with Crippen LogP contribution in [0.1, 0.15) is 24.1 Å². The van der Waals surface area contributed by atoms with Gasteiger partial charge in [-0.25, -0.2) is 9.78 Å². The van der Waals surface area contributed by atoms with Gasteiger partial charge in [0, 0.05) is 36.9 Å². The largest absolute Gasteiger partial charge is 0.481 e. The maximum atomic E-state index is 12.9. The lowest BCUT2D eigenvalue weighted by Gasteiger charge is -2.24. The number of H-pyrrole nitrogens is 1. The average Bonchev–Trinajstić information content (AvgIpc) is 3.37. The van der Waals surface area contributed by atoms with Crippen molar-refractivity contribution in [2.24, 2.45) is 5.73 Å². The number of carbonyl (C=O) groups excluding carboxylic acids is 3. The Balaban J connectivity index is 2.06. The second-order valence-electron chi connectivity index (χ2n) is 8.21. The highest BCUT2D eigenvalue weighted by atomic mass is 32.1. The van der Waals surface area contributed by atoms with Gasteiger partial charge in [0.15, 0.2) is 0 Å². The molecular weight excluding hydrogens is 504 g/mol. The van der Waals surface area contributed by atoms with Crippen molar-refractivity contribution in [3.63, 3.8) is 0 Å². The van der Waals surface area contributed by atoms with Gasteiger partial charge in [0.2, 0.25) is 17.7 Å². The third kappa shape index (κ3) is 9.93. The first kappa shape index (κ1) is 29.3. The number of nitrogens with zero attached hydrogens (tertiary/aromatic N) is 1. The molecule has 1 aromatic heterocycles. The summed E-state index contributed by atoms with van der Waals surface area (Å²) < 4.78 is 0. The van der Waals surface area contributed by atoms with Crippen molar-refractivity contribution < 1.29 is 34.2 Å². The van der Waals surface area contributed by atoms with Crippen LogP contribution in [0.25, 0.3) is 0 Å². The first-order valence-corrected chi connectivity index (χ1v) is 12.0. The van der Waals surface area contributed by atoms with Gasteiger partial charge in [0.25, 0.3) is 0 Å². The molecule has 1 heterocycles. The topological polar surface area (TPSA) is 217 Å². The van der Waals surface area contributed by atoms with Crippen molar-refractivity contribution in [3.05, 3.63) is 54.1 Å². The predicted octanol–water partition coefficient (Wildman–Crippen LogP) is -1.14. The van der Waals surface area contributed by atoms with Gasteiger partial charge in [0.05, 0.1) is 12.4 Å². The van der Waals surface area contributed by atoms with Gasteiger partial charge >= 0.3 is 11.9 Å². The molecule has 0 saturated heterocycles. The summed E-state index contributed by atoms with van der Waals surface area (Å²) in [6, 6.07) is 3.71. The number of nitrogens with two attached hydrogens (primary N) is 1. The molecule has 1 aromatic carbocycles. The molecule has 8 N–H and O–H groups in total. The number of carboxylic acids is 2. The summed E-state index contributed by atoms with van der Waals surface area (Å²) in [6.07, 6.45) is 2.27. The van der Waals surface area contributed by atoms with E-state index in [2.05, 4.69) is 38.5 Å². The number of aliphatic carboxylic acids is 2. The van der Waals surface area contributed by atoms with Crippen LogP contribution in [-0.4, -0.2) is 79.8 Å². The number of imidazole rings is 1. The number of thiol groups is 1. The van der Waals surface area contributed by atoms with Crippen LogP contribution >= 0.6 is 12.6 Å².